The molecule has 4 rings (SSSR count). The minimum Gasteiger partial charge on any atom is -0.453 e. The van der Waals surface area contributed by atoms with Gasteiger partial charge in [0.2, 0.25) is 0 Å². The van der Waals surface area contributed by atoms with Crippen molar-refractivity contribution in [2.45, 2.75) is 18.5 Å². The molecule has 0 spiro atoms. The van der Waals surface area contributed by atoms with Crippen LogP contribution in [-0.2, 0) is 0 Å². The highest BCUT2D eigenvalue weighted by atomic mass is 35.5. The average molecular weight is 417 g/mol. The van der Waals surface area contributed by atoms with Gasteiger partial charge in [-0.3, -0.25) is 0 Å². The number of nitrogens with zero attached hydrogens (tertiary/aromatic N) is 2. The monoisotopic (exact) mass is 415 g/mol. The maximum absolute atomic E-state index is 9.30. The highest BCUT2D eigenvalue weighted by Gasteiger charge is 2.27. The van der Waals surface area contributed by atoms with E-state index in [9.17, 15) is 5.11 Å². The Morgan fingerprint density at radius 3 is 2.77 bits per heavy atom. The van der Waals surface area contributed by atoms with Crippen LogP contribution in [0.4, 0.5) is 0 Å². The van der Waals surface area contributed by atoms with Gasteiger partial charge in [0.05, 0.1) is 6.61 Å². The van der Waals surface area contributed by atoms with E-state index in [-0.39, 0.29) is 43.5 Å². The smallest absolute Gasteiger partial charge is 0.176 e. The SMILES string of the molecule is Cl.Cl.OC[C@@H]1C[C@@H](n2ccnc2-c2ccc(-c3cccc(Cl)c3)o2)CN1. The molecule has 2 atom stereocenters. The number of aromatic nitrogens is 2. The number of furan rings is 1. The molecule has 3 heterocycles. The van der Waals surface area contributed by atoms with Crippen LogP contribution in [0.3, 0.4) is 0 Å². The molecule has 2 N–H and O–H groups in total. The first-order chi connectivity index (χ1) is 11.7. The predicted octanol–water partition coefficient (Wildman–Crippen LogP) is 4.20. The molecule has 8 heteroatoms. The Balaban J connectivity index is 0.00000121. The van der Waals surface area contributed by atoms with E-state index in [0.29, 0.717) is 5.02 Å². The van der Waals surface area contributed by atoms with E-state index in [4.69, 9.17) is 16.0 Å². The van der Waals surface area contributed by atoms with Crippen LogP contribution in [0.5, 0.6) is 0 Å². The average Bonchev–Trinajstić information content (AvgIpc) is 3.33. The minimum atomic E-state index is 0. The maximum atomic E-state index is 9.30. The number of benzene rings is 1. The Kier molecular flexibility index (Phi) is 7.15. The van der Waals surface area contributed by atoms with Crippen LogP contribution in [0.2, 0.25) is 5.02 Å². The first kappa shape index (κ1) is 20.8. The third-order valence-electron chi connectivity index (χ3n) is 4.42. The van der Waals surface area contributed by atoms with Gasteiger partial charge in [-0.05, 0) is 30.7 Å². The second kappa shape index (κ2) is 8.93. The second-order valence-electron chi connectivity index (χ2n) is 6.01. The molecule has 140 valence electrons. The van der Waals surface area contributed by atoms with Crippen LogP contribution >= 0.6 is 36.4 Å². The van der Waals surface area contributed by atoms with Crippen molar-refractivity contribution in [3.63, 3.8) is 0 Å². The molecule has 1 saturated heterocycles. The molecule has 5 nitrogen and oxygen atoms in total. The zero-order valence-electron chi connectivity index (χ0n) is 13.8. The van der Waals surface area contributed by atoms with Crippen LogP contribution in [0.15, 0.2) is 53.2 Å². The second-order valence-corrected chi connectivity index (χ2v) is 6.45. The van der Waals surface area contributed by atoms with Crippen LogP contribution in [0.25, 0.3) is 22.9 Å². The molecule has 3 aromatic rings. The number of halogens is 3. The Morgan fingerprint density at radius 1 is 1.23 bits per heavy atom. The van der Waals surface area contributed by atoms with E-state index in [1.165, 1.54) is 0 Å². The van der Waals surface area contributed by atoms with Crippen molar-refractivity contribution in [2.24, 2.45) is 0 Å². The summed E-state index contributed by atoms with van der Waals surface area (Å²) in [5, 5.41) is 13.3. The normalized spacial score (nSPS) is 19.0. The largest absolute Gasteiger partial charge is 0.453 e. The Morgan fingerprint density at radius 2 is 2.04 bits per heavy atom. The molecule has 1 aromatic carbocycles. The van der Waals surface area contributed by atoms with Crippen LogP contribution in [-0.4, -0.2) is 33.9 Å². The standard InChI is InChI=1S/C18H18ClN3O2.2ClH/c19-13-3-1-2-12(8-13)16-4-5-17(24-16)18-20-6-7-22(18)15-9-14(11-23)21-10-15;;/h1-8,14-15,21,23H,9-11H2;2*1H/t14-,15+;;/m0../s1. The van der Waals surface area contributed by atoms with Crippen LogP contribution in [0, 0.1) is 0 Å². The fourth-order valence-electron chi connectivity index (χ4n) is 3.20. The molecule has 1 aliphatic rings. The predicted molar refractivity (Wildman–Crippen MR) is 107 cm³/mol. The van der Waals surface area contributed by atoms with E-state index >= 15 is 0 Å². The Labute approximate surface area is 169 Å². The van der Waals surface area contributed by atoms with E-state index in [0.717, 1.165) is 35.9 Å². The van der Waals surface area contributed by atoms with Crippen molar-refractivity contribution in [3.05, 3.63) is 53.8 Å². The summed E-state index contributed by atoms with van der Waals surface area (Å²) in [6.45, 7) is 0.969. The summed E-state index contributed by atoms with van der Waals surface area (Å²) < 4.78 is 8.13. The number of hydrogen-bond acceptors (Lipinski definition) is 4. The summed E-state index contributed by atoms with van der Waals surface area (Å²) in [6.07, 6.45) is 4.62. The third kappa shape index (κ3) is 4.08. The fraction of sp³-hybridized carbons (Fsp3) is 0.278. The summed E-state index contributed by atoms with van der Waals surface area (Å²) >= 11 is 6.05. The lowest BCUT2D eigenvalue weighted by Crippen LogP contribution is -2.24. The number of nitrogens with one attached hydrogen (secondary N) is 1. The van der Waals surface area contributed by atoms with Crippen molar-refractivity contribution in [1.82, 2.24) is 14.9 Å². The molecular weight excluding hydrogens is 397 g/mol. The van der Waals surface area contributed by atoms with E-state index in [2.05, 4.69) is 14.9 Å². The molecule has 26 heavy (non-hydrogen) atoms. The molecule has 0 bridgehead atoms. The van der Waals surface area contributed by atoms with Gasteiger partial charge in [-0.25, -0.2) is 4.98 Å². The highest BCUT2D eigenvalue weighted by Crippen LogP contribution is 2.31. The summed E-state index contributed by atoms with van der Waals surface area (Å²) in [7, 11) is 0. The van der Waals surface area contributed by atoms with E-state index in [1.54, 1.807) is 6.20 Å². The first-order valence-electron chi connectivity index (χ1n) is 7.98. The lowest BCUT2D eigenvalue weighted by molar-refractivity contribution is 0.253. The minimum absolute atomic E-state index is 0. The topological polar surface area (TPSA) is 63.2 Å². The van der Waals surface area contributed by atoms with Gasteiger partial charge in [0, 0.05) is 41.6 Å². The summed E-state index contributed by atoms with van der Waals surface area (Å²) in [5.74, 6) is 2.29. The lowest BCUT2D eigenvalue weighted by atomic mass is 10.2. The highest BCUT2D eigenvalue weighted by molar-refractivity contribution is 6.30. The molecule has 2 aromatic heterocycles. The van der Waals surface area contributed by atoms with Gasteiger partial charge in [-0.2, -0.15) is 0 Å². The number of imidazole rings is 1. The van der Waals surface area contributed by atoms with Gasteiger partial charge in [0.15, 0.2) is 11.6 Å². The number of rotatable bonds is 4. The zero-order chi connectivity index (χ0) is 16.5. The van der Waals surface area contributed by atoms with Crippen molar-refractivity contribution in [3.8, 4) is 22.9 Å². The Bertz CT molecular complexity index is 850. The molecule has 0 aliphatic carbocycles. The van der Waals surface area contributed by atoms with Crippen LogP contribution < -0.4 is 5.32 Å². The lowest BCUT2D eigenvalue weighted by Gasteiger charge is -2.13. The summed E-state index contributed by atoms with van der Waals surface area (Å²) in [5.41, 5.74) is 0.940. The van der Waals surface area contributed by atoms with Crippen molar-refractivity contribution >= 4 is 36.4 Å². The van der Waals surface area contributed by atoms with Gasteiger partial charge >= 0.3 is 0 Å². The molecule has 0 saturated carbocycles. The third-order valence-corrected chi connectivity index (χ3v) is 4.65. The summed E-state index contributed by atoms with van der Waals surface area (Å²) in [6, 6.07) is 11.9. The zero-order valence-corrected chi connectivity index (χ0v) is 16.2. The molecule has 0 radical (unpaired) electrons. The van der Waals surface area contributed by atoms with E-state index in [1.807, 2.05) is 42.6 Å². The van der Waals surface area contributed by atoms with Gasteiger partial charge < -0.3 is 19.4 Å². The van der Waals surface area contributed by atoms with Gasteiger partial charge in [0.25, 0.3) is 0 Å². The molecule has 1 fully saturated rings. The number of hydrogen-bond donors (Lipinski definition) is 2. The van der Waals surface area contributed by atoms with Gasteiger partial charge in [-0.15, -0.1) is 24.8 Å². The molecular formula is C18H20Cl3N3O2. The summed E-state index contributed by atoms with van der Waals surface area (Å²) in [4.78, 5) is 4.46. The van der Waals surface area contributed by atoms with Crippen LogP contribution in [0.1, 0.15) is 12.5 Å². The van der Waals surface area contributed by atoms with Crippen molar-refractivity contribution in [1.29, 1.82) is 0 Å². The van der Waals surface area contributed by atoms with E-state index < -0.39 is 0 Å². The number of aliphatic hydroxyl groups excluding tert-OH is 1. The quantitative estimate of drug-likeness (QED) is 0.669. The Hall–Kier alpha value is -1.50. The van der Waals surface area contributed by atoms with Gasteiger partial charge in [0.1, 0.15) is 5.76 Å². The molecule has 0 unspecified atom stereocenters. The van der Waals surface area contributed by atoms with Crippen molar-refractivity contribution in [2.75, 3.05) is 13.2 Å². The number of aliphatic hydroxyl groups is 1. The maximum Gasteiger partial charge on any atom is 0.176 e. The van der Waals surface area contributed by atoms with Crippen molar-refractivity contribution < 1.29 is 9.52 Å². The molecule has 0 amide bonds. The van der Waals surface area contributed by atoms with Gasteiger partial charge in [-0.1, -0.05) is 23.7 Å². The first-order valence-corrected chi connectivity index (χ1v) is 8.35. The molecule has 1 aliphatic heterocycles. The fourth-order valence-corrected chi connectivity index (χ4v) is 3.39.